The van der Waals surface area contributed by atoms with E-state index in [0.29, 0.717) is 29.3 Å². The molecule has 0 aromatic heterocycles. The third-order valence-corrected chi connectivity index (χ3v) is 4.79. The van der Waals surface area contributed by atoms with Crippen molar-refractivity contribution < 1.29 is 19.0 Å². The van der Waals surface area contributed by atoms with E-state index in [0.717, 1.165) is 26.2 Å². The molecule has 3 rings (SSSR count). The largest absolute Gasteiger partial charge is 0.497 e. The topological polar surface area (TPSA) is 45.2 Å². The number of hydrogen-bond acceptors (Lipinski definition) is 5. The van der Waals surface area contributed by atoms with Gasteiger partial charge < -0.3 is 19.5 Å². The third kappa shape index (κ3) is 4.08. The molecule has 0 saturated carbocycles. The Hall–Kier alpha value is -2.31. The maximum atomic E-state index is 13.9. The Morgan fingerprint density at radius 2 is 1.77 bits per heavy atom. The Bertz CT molecular complexity index is 733. The molecule has 0 radical (unpaired) electrons. The van der Waals surface area contributed by atoms with Gasteiger partial charge >= 0.3 is 0 Å². The predicted octanol–water partition coefficient (Wildman–Crippen LogP) is 2.70. The van der Waals surface area contributed by atoms with E-state index in [9.17, 15) is 9.50 Å². The second-order valence-corrected chi connectivity index (χ2v) is 6.36. The second kappa shape index (κ2) is 8.38. The second-order valence-electron chi connectivity index (χ2n) is 6.36. The van der Waals surface area contributed by atoms with Gasteiger partial charge in [-0.1, -0.05) is 12.1 Å². The standard InChI is InChI=1S/C20H25FN2O3/c1-25-15-7-8-20(26-2)16(13-15)19(24)14-22-9-11-23(12-10-22)18-6-4-3-5-17(18)21/h3-8,13,19,24H,9-12,14H2,1-2H3/t19-/m0/s1. The lowest BCUT2D eigenvalue weighted by atomic mass is 10.1. The fraction of sp³-hybridized carbons (Fsp3) is 0.400. The summed E-state index contributed by atoms with van der Waals surface area (Å²) in [5.41, 5.74) is 1.35. The molecular formula is C20H25FN2O3. The van der Waals surface area contributed by atoms with Gasteiger partial charge in [0.05, 0.1) is 26.0 Å². The molecule has 1 N–H and O–H groups in total. The van der Waals surface area contributed by atoms with Gasteiger partial charge in [-0.15, -0.1) is 0 Å². The molecule has 1 heterocycles. The Kier molecular flexibility index (Phi) is 5.96. The van der Waals surface area contributed by atoms with Crippen LogP contribution in [0.25, 0.3) is 0 Å². The first-order valence-electron chi connectivity index (χ1n) is 8.74. The number of benzene rings is 2. The Balaban J connectivity index is 1.62. The molecule has 1 aliphatic rings. The van der Waals surface area contributed by atoms with Crippen LogP contribution >= 0.6 is 0 Å². The summed E-state index contributed by atoms with van der Waals surface area (Å²) in [4.78, 5) is 4.23. The van der Waals surface area contributed by atoms with E-state index in [1.54, 1.807) is 38.5 Å². The van der Waals surface area contributed by atoms with E-state index in [4.69, 9.17) is 9.47 Å². The summed E-state index contributed by atoms with van der Waals surface area (Å²) < 4.78 is 24.5. The molecule has 2 aromatic rings. The van der Waals surface area contributed by atoms with Gasteiger partial charge in [-0.25, -0.2) is 4.39 Å². The summed E-state index contributed by atoms with van der Waals surface area (Å²) in [6.07, 6.45) is -0.680. The van der Waals surface area contributed by atoms with Crippen molar-refractivity contribution in [1.29, 1.82) is 0 Å². The van der Waals surface area contributed by atoms with E-state index in [1.807, 2.05) is 17.0 Å². The number of piperazine rings is 1. The molecule has 6 heteroatoms. The monoisotopic (exact) mass is 360 g/mol. The first-order chi connectivity index (χ1) is 12.6. The van der Waals surface area contributed by atoms with Gasteiger partial charge in [0.1, 0.15) is 17.3 Å². The minimum absolute atomic E-state index is 0.192. The zero-order chi connectivity index (χ0) is 18.5. The maximum Gasteiger partial charge on any atom is 0.146 e. The van der Waals surface area contributed by atoms with Gasteiger partial charge in [0.25, 0.3) is 0 Å². The van der Waals surface area contributed by atoms with Crippen LogP contribution in [-0.4, -0.2) is 56.9 Å². The van der Waals surface area contributed by atoms with E-state index < -0.39 is 6.10 Å². The smallest absolute Gasteiger partial charge is 0.146 e. The first kappa shape index (κ1) is 18.5. The van der Waals surface area contributed by atoms with Gasteiger partial charge in [0.15, 0.2) is 0 Å². The summed E-state index contributed by atoms with van der Waals surface area (Å²) in [5.74, 6) is 1.13. The zero-order valence-electron chi connectivity index (χ0n) is 15.2. The van der Waals surface area contributed by atoms with Crippen molar-refractivity contribution in [2.24, 2.45) is 0 Å². The minimum atomic E-state index is -0.680. The molecule has 0 bridgehead atoms. The van der Waals surface area contributed by atoms with Crippen LogP contribution in [0.3, 0.4) is 0 Å². The SMILES string of the molecule is COc1ccc(OC)c([C@@H](O)CN2CCN(c3ccccc3F)CC2)c1. The lowest BCUT2D eigenvalue weighted by Crippen LogP contribution is -2.47. The number of nitrogens with zero attached hydrogens (tertiary/aromatic N) is 2. The maximum absolute atomic E-state index is 13.9. The van der Waals surface area contributed by atoms with E-state index in [1.165, 1.54) is 6.07 Å². The van der Waals surface area contributed by atoms with Crippen LogP contribution in [0.1, 0.15) is 11.7 Å². The van der Waals surface area contributed by atoms with Crippen molar-refractivity contribution in [3.05, 3.63) is 53.8 Å². The van der Waals surface area contributed by atoms with Crippen molar-refractivity contribution in [3.8, 4) is 11.5 Å². The van der Waals surface area contributed by atoms with E-state index in [-0.39, 0.29) is 5.82 Å². The van der Waals surface area contributed by atoms with Gasteiger partial charge in [0.2, 0.25) is 0 Å². The first-order valence-corrected chi connectivity index (χ1v) is 8.74. The number of para-hydroxylation sites is 1. The average Bonchev–Trinajstić information content (AvgIpc) is 2.68. The van der Waals surface area contributed by atoms with Crippen LogP contribution in [-0.2, 0) is 0 Å². The Morgan fingerprint density at radius 1 is 1.04 bits per heavy atom. The molecule has 0 aliphatic carbocycles. The zero-order valence-corrected chi connectivity index (χ0v) is 15.2. The van der Waals surface area contributed by atoms with Crippen LogP contribution in [0.15, 0.2) is 42.5 Å². The Morgan fingerprint density at radius 3 is 2.42 bits per heavy atom. The molecule has 1 saturated heterocycles. The molecule has 140 valence electrons. The van der Waals surface area contributed by atoms with Gasteiger partial charge in [-0.3, -0.25) is 4.90 Å². The fourth-order valence-corrected chi connectivity index (χ4v) is 3.32. The van der Waals surface area contributed by atoms with Crippen molar-refractivity contribution in [2.75, 3.05) is 51.8 Å². The van der Waals surface area contributed by atoms with Crippen LogP contribution in [0, 0.1) is 5.82 Å². The molecule has 0 amide bonds. The summed E-state index contributed by atoms with van der Waals surface area (Å²) in [7, 11) is 3.19. The molecule has 0 spiro atoms. The summed E-state index contributed by atoms with van der Waals surface area (Å²) >= 11 is 0. The van der Waals surface area contributed by atoms with Gasteiger partial charge in [-0.2, -0.15) is 0 Å². The number of rotatable bonds is 6. The molecule has 5 nitrogen and oxygen atoms in total. The normalized spacial score (nSPS) is 16.4. The van der Waals surface area contributed by atoms with Crippen molar-refractivity contribution in [1.82, 2.24) is 4.90 Å². The third-order valence-electron chi connectivity index (χ3n) is 4.79. The predicted molar refractivity (Wildman–Crippen MR) is 99.6 cm³/mol. The molecule has 26 heavy (non-hydrogen) atoms. The highest BCUT2D eigenvalue weighted by Crippen LogP contribution is 2.30. The van der Waals surface area contributed by atoms with E-state index >= 15 is 0 Å². The van der Waals surface area contributed by atoms with Gasteiger partial charge in [0, 0.05) is 38.3 Å². The number of halogens is 1. The Labute approximate surface area is 153 Å². The minimum Gasteiger partial charge on any atom is -0.497 e. The van der Waals surface area contributed by atoms with Crippen LogP contribution < -0.4 is 14.4 Å². The average molecular weight is 360 g/mol. The number of aliphatic hydroxyl groups is 1. The van der Waals surface area contributed by atoms with Crippen LogP contribution in [0.2, 0.25) is 0 Å². The highest BCUT2D eigenvalue weighted by atomic mass is 19.1. The van der Waals surface area contributed by atoms with Crippen LogP contribution in [0.4, 0.5) is 10.1 Å². The van der Waals surface area contributed by atoms with Crippen molar-refractivity contribution in [2.45, 2.75) is 6.10 Å². The fourth-order valence-electron chi connectivity index (χ4n) is 3.32. The molecule has 1 aliphatic heterocycles. The van der Waals surface area contributed by atoms with Gasteiger partial charge in [-0.05, 0) is 30.3 Å². The molecular weight excluding hydrogens is 335 g/mol. The van der Waals surface area contributed by atoms with Crippen molar-refractivity contribution in [3.63, 3.8) is 0 Å². The number of anilines is 1. The molecule has 1 fully saturated rings. The molecule has 1 atom stereocenters. The summed E-state index contributed by atoms with van der Waals surface area (Å²) in [6.45, 7) is 3.47. The molecule has 2 aromatic carbocycles. The summed E-state index contributed by atoms with van der Waals surface area (Å²) in [5, 5.41) is 10.7. The molecule has 0 unspecified atom stereocenters. The lowest BCUT2D eigenvalue weighted by molar-refractivity contribution is 0.107. The highest BCUT2D eigenvalue weighted by Gasteiger charge is 2.23. The number of β-amino-alcohol motifs (C(OH)–C–C–N with tert-alkyl or cyclic N) is 1. The number of ether oxygens (including phenoxy) is 2. The summed E-state index contributed by atoms with van der Waals surface area (Å²) in [6, 6.07) is 12.3. The number of hydrogen-bond donors (Lipinski definition) is 1. The van der Waals surface area contributed by atoms with Crippen LogP contribution in [0.5, 0.6) is 11.5 Å². The van der Waals surface area contributed by atoms with E-state index in [2.05, 4.69) is 4.90 Å². The number of aliphatic hydroxyl groups excluding tert-OH is 1. The van der Waals surface area contributed by atoms with Crippen molar-refractivity contribution >= 4 is 5.69 Å². The quantitative estimate of drug-likeness (QED) is 0.858. The highest BCUT2D eigenvalue weighted by molar-refractivity contribution is 5.48. The number of methoxy groups -OCH3 is 2. The lowest BCUT2D eigenvalue weighted by Gasteiger charge is -2.37.